The highest BCUT2D eigenvalue weighted by Gasteiger charge is 2.43. The zero-order chi connectivity index (χ0) is 22.2. The summed E-state index contributed by atoms with van der Waals surface area (Å²) in [4.78, 5) is 50.6. The summed E-state index contributed by atoms with van der Waals surface area (Å²) in [6.45, 7) is 1.86. The molecule has 0 aromatic heterocycles. The fraction of sp³-hybridized carbons (Fsp3) is 0.273. The molecule has 2 aliphatic rings. The van der Waals surface area contributed by atoms with Gasteiger partial charge in [-0.25, -0.2) is 4.79 Å². The molecule has 2 aliphatic heterocycles. The lowest BCUT2D eigenvalue weighted by molar-refractivity contribution is -0.123. The SMILES string of the molecule is COc1ccc(N2CC(C(=O)Nc3cccc(C4(C)NC(=O)NC4=O)c3)CC2=O)cc1. The van der Waals surface area contributed by atoms with Gasteiger partial charge in [0.15, 0.2) is 0 Å². The van der Waals surface area contributed by atoms with Gasteiger partial charge in [-0.15, -0.1) is 0 Å². The summed E-state index contributed by atoms with van der Waals surface area (Å²) >= 11 is 0. The zero-order valence-corrected chi connectivity index (χ0v) is 17.1. The number of nitrogens with one attached hydrogen (secondary N) is 3. The van der Waals surface area contributed by atoms with E-state index in [0.29, 0.717) is 22.7 Å². The number of carbonyl (C=O) groups is 4. The van der Waals surface area contributed by atoms with Crippen LogP contribution in [0.5, 0.6) is 5.75 Å². The normalized spacial score (nSPS) is 22.8. The van der Waals surface area contributed by atoms with Gasteiger partial charge >= 0.3 is 6.03 Å². The van der Waals surface area contributed by atoms with Gasteiger partial charge in [-0.2, -0.15) is 0 Å². The van der Waals surface area contributed by atoms with Gasteiger partial charge in [-0.05, 0) is 48.9 Å². The Hall–Kier alpha value is -3.88. The Kier molecular flexibility index (Phi) is 5.10. The minimum atomic E-state index is -1.22. The highest BCUT2D eigenvalue weighted by molar-refractivity contribution is 6.07. The zero-order valence-electron chi connectivity index (χ0n) is 17.1. The Bertz CT molecular complexity index is 1070. The van der Waals surface area contributed by atoms with Crippen molar-refractivity contribution in [2.24, 2.45) is 5.92 Å². The lowest BCUT2D eigenvalue weighted by atomic mass is 9.92. The first-order valence-electron chi connectivity index (χ1n) is 9.79. The van der Waals surface area contributed by atoms with Crippen molar-refractivity contribution in [3.63, 3.8) is 0 Å². The third-order valence-electron chi connectivity index (χ3n) is 5.63. The topological polar surface area (TPSA) is 117 Å². The second-order valence-corrected chi connectivity index (χ2v) is 7.71. The molecule has 0 spiro atoms. The van der Waals surface area contributed by atoms with Crippen molar-refractivity contribution in [2.75, 3.05) is 23.9 Å². The number of hydrogen-bond acceptors (Lipinski definition) is 5. The van der Waals surface area contributed by atoms with Gasteiger partial charge in [-0.3, -0.25) is 19.7 Å². The van der Waals surface area contributed by atoms with Gasteiger partial charge in [0.25, 0.3) is 5.91 Å². The predicted molar refractivity (Wildman–Crippen MR) is 113 cm³/mol. The average molecular weight is 422 g/mol. The summed E-state index contributed by atoms with van der Waals surface area (Å²) in [5.41, 5.74) is 0.509. The van der Waals surface area contributed by atoms with Crippen LogP contribution in [-0.4, -0.2) is 37.4 Å². The molecule has 0 bridgehead atoms. The highest BCUT2D eigenvalue weighted by Crippen LogP contribution is 2.29. The lowest BCUT2D eigenvalue weighted by Crippen LogP contribution is -2.40. The van der Waals surface area contributed by atoms with Crippen molar-refractivity contribution >= 4 is 35.1 Å². The number of ether oxygens (including phenoxy) is 1. The fourth-order valence-corrected chi connectivity index (χ4v) is 3.79. The number of rotatable bonds is 5. The van der Waals surface area contributed by atoms with Crippen LogP contribution in [0.3, 0.4) is 0 Å². The first-order chi connectivity index (χ1) is 14.8. The van der Waals surface area contributed by atoms with E-state index in [-0.39, 0.29) is 24.8 Å². The molecule has 160 valence electrons. The second-order valence-electron chi connectivity index (χ2n) is 7.71. The number of hydrogen-bond donors (Lipinski definition) is 3. The first-order valence-corrected chi connectivity index (χ1v) is 9.79. The summed E-state index contributed by atoms with van der Waals surface area (Å²) in [7, 11) is 1.57. The number of methoxy groups -OCH3 is 1. The van der Waals surface area contributed by atoms with Crippen LogP contribution in [0.25, 0.3) is 0 Å². The van der Waals surface area contributed by atoms with Crippen molar-refractivity contribution in [3.05, 3.63) is 54.1 Å². The van der Waals surface area contributed by atoms with Gasteiger partial charge in [0.05, 0.1) is 13.0 Å². The molecule has 5 amide bonds. The van der Waals surface area contributed by atoms with E-state index in [1.807, 2.05) is 0 Å². The summed E-state index contributed by atoms with van der Waals surface area (Å²) in [5, 5.41) is 7.63. The first kappa shape index (κ1) is 20.4. The Morgan fingerprint density at radius 2 is 1.90 bits per heavy atom. The summed E-state index contributed by atoms with van der Waals surface area (Å²) < 4.78 is 5.13. The molecule has 0 radical (unpaired) electrons. The smallest absolute Gasteiger partial charge is 0.322 e. The number of benzene rings is 2. The summed E-state index contributed by atoms with van der Waals surface area (Å²) in [6.07, 6.45) is 0.105. The molecular weight excluding hydrogens is 400 g/mol. The Morgan fingerprint density at radius 1 is 1.16 bits per heavy atom. The van der Waals surface area contributed by atoms with Crippen LogP contribution < -0.4 is 25.6 Å². The van der Waals surface area contributed by atoms with Crippen molar-refractivity contribution in [1.29, 1.82) is 0 Å². The third-order valence-corrected chi connectivity index (χ3v) is 5.63. The van der Waals surface area contributed by atoms with Crippen molar-refractivity contribution in [1.82, 2.24) is 10.6 Å². The van der Waals surface area contributed by atoms with Crippen molar-refractivity contribution in [2.45, 2.75) is 18.9 Å². The van der Waals surface area contributed by atoms with E-state index >= 15 is 0 Å². The van der Waals surface area contributed by atoms with E-state index in [9.17, 15) is 19.2 Å². The number of nitrogens with zero attached hydrogens (tertiary/aromatic N) is 1. The molecular formula is C22H22N4O5. The molecule has 4 rings (SSSR count). The molecule has 31 heavy (non-hydrogen) atoms. The molecule has 0 saturated carbocycles. The molecule has 2 aromatic carbocycles. The van der Waals surface area contributed by atoms with E-state index in [1.54, 1.807) is 67.5 Å². The molecule has 3 N–H and O–H groups in total. The summed E-state index contributed by atoms with van der Waals surface area (Å²) in [5.74, 6) is -0.699. The van der Waals surface area contributed by atoms with Gasteiger partial charge in [0.1, 0.15) is 11.3 Å². The highest BCUT2D eigenvalue weighted by atomic mass is 16.5. The lowest BCUT2D eigenvalue weighted by Gasteiger charge is -2.22. The standard InChI is InChI=1S/C22H22N4O5/c1-22(20(29)24-21(30)25-22)14-4-3-5-15(11-14)23-19(28)13-10-18(27)26(12-13)16-6-8-17(31-2)9-7-16/h3-9,11,13H,10,12H2,1-2H3,(H,23,28)(H2,24,25,29,30). The van der Waals surface area contributed by atoms with E-state index < -0.39 is 23.4 Å². The fourth-order valence-electron chi connectivity index (χ4n) is 3.79. The maximum Gasteiger partial charge on any atom is 0.322 e. The molecule has 0 aliphatic carbocycles. The average Bonchev–Trinajstić information content (AvgIpc) is 3.27. The predicted octanol–water partition coefficient (Wildman–Crippen LogP) is 1.74. The largest absolute Gasteiger partial charge is 0.497 e. The number of carbonyl (C=O) groups excluding carboxylic acids is 4. The minimum absolute atomic E-state index is 0.105. The Balaban J connectivity index is 1.46. The van der Waals surface area contributed by atoms with Gasteiger partial charge < -0.3 is 20.3 Å². The number of imide groups is 1. The Morgan fingerprint density at radius 3 is 2.55 bits per heavy atom. The molecule has 2 saturated heterocycles. The van der Waals surface area contributed by atoms with E-state index in [2.05, 4.69) is 16.0 Å². The van der Waals surface area contributed by atoms with Crippen LogP contribution in [0.2, 0.25) is 0 Å². The number of amides is 5. The maximum absolute atomic E-state index is 12.8. The molecule has 2 atom stereocenters. The molecule has 2 unspecified atom stereocenters. The van der Waals surface area contributed by atoms with Gasteiger partial charge in [0.2, 0.25) is 11.8 Å². The quantitative estimate of drug-likeness (QED) is 0.635. The monoisotopic (exact) mass is 422 g/mol. The van der Waals surface area contributed by atoms with Crippen LogP contribution >= 0.6 is 0 Å². The molecule has 9 nitrogen and oxygen atoms in total. The minimum Gasteiger partial charge on any atom is -0.497 e. The second kappa shape index (κ2) is 7.75. The van der Waals surface area contributed by atoms with Crippen LogP contribution in [-0.2, 0) is 19.9 Å². The molecule has 2 heterocycles. The third kappa shape index (κ3) is 3.81. The van der Waals surface area contributed by atoms with E-state index in [4.69, 9.17) is 4.74 Å². The van der Waals surface area contributed by atoms with Crippen LogP contribution in [0.1, 0.15) is 18.9 Å². The number of urea groups is 1. The van der Waals surface area contributed by atoms with E-state index in [0.717, 1.165) is 0 Å². The number of anilines is 2. The maximum atomic E-state index is 12.8. The van der Waals surface area contributed by atoms with Crippen LogP contribution in [0, 0.1) is 5.92 Å². The van der Waals surface area contributed by atoms with Crippen molar-refractivity contribution < 1.29 is 23.9 Å². The molecule has 2 aromatic rings. The van der Waals surface area contributed by atoms with Gasteiger partial charge in [-0.1, -0.05) is 12.1 Å². The molecule has 2 fully saturated rings. The molecule has 9 heteroatoms. The summed E-state index contributed by atoms with van der Waals surface area (Å²) in [6, 6.07) is 13.2. The van der Waals surface area contributed by atoms with Crippen LogP contribution in [0.15, 0.2) is 48.5 Å². The van der Waals surface area contributed by atoms with Crippen molar-refractivity contribution in [3.8, 4) is 5.75 Å². The van der Waals surface area contributed by atoms with Gasteiger partial charge in [0, 0.05) is 24.3 Å². The van der Waals surface area contributed by atoms with Crippen LogP contribution in [0.4, 0.5) is 16.2 Å². The van der Waals surface area contributed by atoms with E-state index in [1.165, 1.54) is 0 Å². The Labute approximate surface area is 178 Å².